The standard InChI is InChI=1S/C13H19N3O3S/c14-11-8-10(13(15)17)5-6-12(11)20(18,19)16-7-1-2-9-3-4-9/h5-6,8-9,16H,1-4,7,14H2,(H2,15,17). The van der Waals surface area contributed by atoms with Crippen LogP contribution in [0, 0.1) is 5.92 Å². The number of amides is 1. The molecule has 0 heterocycles. The zero-order valence-electron chi connectivity index (χ0n) is 11.1. The largest absolute Gasteiger partial charge is 0.398 e. The van der Waals surface area contributed by atoms with Crippen LogP contribution in [-0.4, -0.2) is 20.9 Å². The quantitative estimate of drug-likeness (QED) is 0.511. The molecule has 0 saturated heterocycles. The molecule has 0 aliphatic heterocycles. The lowest BCUT2D eigenvalue weighted by Gasteiger charge is -2.09. The lowest BCUT2D eigenvalue weighted by Crippen LogP contribution is -2.26. The monoisotopic (exact) mass is 297 g/mol. The van der Waals surface area contributed by atoms with E-state index in [1.54, 1.807) is 0 Å². The summed E-state index contributed by atoms with van der Waals surface area (Å²) in [6, 6.07) is 3.94. The normalized spacial score (nSPS) is 15.2. The van der Waals surface area contributed by atoms with Gasteiger partial charge < -0.3 is 11.5 Å². The third-order valence-corrected chi connectivity index (χ3v) is 4.90. The van der Waals surface area contributed by atoms with Gasteiger partial charge in [0, 0.05) is 12.1 Å². The average Bonchev–Trinajstić information content (AvgIpc) is 3.18. The van der Waals surface area contributed by atoms with E-state index in [0.29, 0.717) is 6.54 Å². The van der Waals surface area contributed by atoms with Crippen molar-refractivity contribution in [2.75, 3.05) is 12.3 Å². The fourth-order valence-corrected chi connectivity index (χ4v) is 3.21. The highest BCUT2D eigenvalue weighted by atomic mass is 32.2. The summed E-state index contributed by atoms with van der Waals surface area (Å²) in [6.45, 7) is 0.399. The van der Waals surface area contributed by atoms with Gasteiger partial charge in [0.05, 0.1) is 5.69 Å². The molecule has 1 amide bonds. The minimum absolute atomic E-state index is 0.0195. The van der Waals surface area contributed by atoms with E-state index in [9.17, 15) is 13.2 Å². The van der Waals surface area contributed by atoms with Crippen molar-refractivity contribution >= 4 is 21.6 Å². The summed E-state index contributed by atoms with van der Waals surface area (Å²) in [6.07, 6.45) is 4.39. The van der Waals surface area contributed by atoms with Crippen molar-refractivity contribution in [1.29, 1.82) is 0 Å². The molecule has 1 aliphatic carbocycles. The van der Waals surface area contributed by atoms with E-state index in [-0.39, 0.29) is 16.1 Å². The van der Waals surface area contributed by atoms with Crippen LogP contribution in [0.2, 0.25) is 0 Å². The Hall–Kier alpha value is -1.60. The highest BCUT2D eigenvalue weighted by Crippen LogP contribution is 2.33. The number of carbonyl (C=O) groups is 1. The Morgan fingerprint density at radius 1 is 1.35 bits per heavy atom. The van der Waals surface area contributed by atoms with Crippen molar-refractivity contribution in [3.8, 4) is 0 Å². The highest BCUT2D eigenvalue weighted by Gasteiger charge is 2.21. The summed E-state index contributed by atoms with van der Waals surface area (Å²) in [5.74, 6) is 0.137. The van der Waals surface area contributed by atoms with Crippen LogP contribution in [0.25, 0.3) is 0 Å². The molecule has 20 heavy (non-hydrogen) atoms. The van der Waals surface area contributed by atoms with Crippen LogP contribution >= 0.6 is 0 Å². The van der Waals surface area contributed by atoms with Crippen molar-refractivity contribution in [3.05, 3.63) is 23.8 Å². The van der Waals surface area contributed by atoms with Crippen LogP contribution in [-0.2, 0) is 10.0 Å². The number of primary amides is 1. The number of hydrogen-bond donors (Lipinski definition) is 3. The molecule has 0 spiro atoms. The van der Waals surface area contributed by atoms with Crippen LogP contribution < -0.4 is 16.2 Å². The Morgan fingerprint density at radius 3 is 2.60 bits per heavy atom. The maximum absolute atomic E-state index is 12.1. The minimum atomic E-state index is -3.64. The predicted molar refractivity (Wildman–Crippen MR) is 76.5 cm³/mol. The number of nitrogens with two attached hydrogens (primary N) is 2. The van der Waals surface area contributed by atoms with Crippen LogP contribution in [0.3, 0.4) is 0 Å². The molecule has 0 radical (unpaired) electrons. The fraction of sp³-hybridized carbons (Fsp3) is 0.462. The molecule has 2 rings (SSSR count). The van der Waals surface area contributed by atoms with Crippen LogP contribution in [0.15, 0.2) is 23.1 Å². The Kier molecular flexibility index (Phi) is 4.29. The molecule has 110 valence electrons. The van der Waals surface area contributed by atoms with Crippen LogP contribution in [0.1, 0.15) is 36.0 Å². The molecule has 5 N–H and O–H groups in total. The Labute approximate surface area is 118 Å². The van der Waals surface area contributed by atoms with E-state index in [2.05, 4.69) is 4.72 Å². The number of benzene rings is 1. The van der Waals surface area contributed by atoms with Crippen molar-refractivity contribution in [2.45, 2.75) is 30.6 Å². The van der Waals surface area contributed by atoms with Gasteiger partial charge in [0.1, 0.15) is 4.90 Å². The van der Waals surface area contributed by atoms with Gasteiger partial charge in [-0.25, -0.2) is 13.1 Å². The molecule has 6 nitrogen and oxygen atoms in total. The van der Waals surface area contributed by atoms with E-state index in [1.165, 1.54) is 31.0 Å². The number of anilines is 1. The SMILES string of the molecule is NC(=O)c1ccc(S(=O)(=O)NCCCC2CC2)c(N)c1. The summed E-state index contributed by atoms with van der Waals surface area (Å²) >= 11 is 0. The first-order valence-corrected chi connectivity index (χ1v) is 8.07. The number of nitrogen functional groups attached to an aromatic ring is 1. The fourth-order valence-electron chi connectivity index (χ4n) is 2.03. The summed E-state index contributed by atoms with van der Waals surface area (Å²) in [7, 11) is -3.64. The van der Waals surface area contributed by atoms with E-state index < -0.39 is 15.9 Å². The second-order valence-corrected chi connectivity index (χ2v) is 6.84. The molecule has 0 unspecified atom stereocenters. The topological polar surface area (TPSA) is 115 Å². The van der Waals surface area contributed by atoms with Gasteiger partial charge in [-0.05, 0) is 37.0 Å². The second-order valence-electron chi connectivity index (χ2n) is 5.10. The third kappa shape index (κ3) is 3.71. The third-order valence-electron chi connectivity index (χ3n) is 3.36. The van der Waals surface area contributed by atoms with Crippen LogP contribution in [0.5, 0.6) is 0 Å². The molecular formula is C13H19N3O3S. The molecule has 0 atom stereocenters. The molecule has 1 saturated carbocycles. The van der Waals surface area contributed by atoms with Crippen molar-refractivity contribution in [3.63, 3.8) is 0 Å². The maximum Gasteiger partial charge on any atom is 0.248 e. The predicted octanol–water partition coefficient (Wildman–Crippen LogP) is 0.836. The Balaban J connectivity index is 2.02. The van der Waals surface area contributed by atoms with Gasteiger partial charge in [0.15, 0.2) is 0 Å². The van der Waals surface area contributed by atoms with Crippen molar-refractivity contribution in [2.24, 2.45) is 11.7 Å². The lowest BCUT2D eigenvalue weighted by atomic mass is 10.2. The number of nitrogens with one attached hydrogen (secondary N) is 1. The van der Waals surface area contributed by atoms with Gasteiger partial charge in [-0.15, -0.1) is 0 Å². The highest BCUT2D eigenvalue weighted by molar-refractivity contribution is 7.89. The van der Waals surface area contributed by atoms with Crippen molar-refractivity contribution < 1.29 is 13.2 Å². The molecule has 0 bridgehead atoms. The van der Waals surface area contributed by atoms with Gasteiger partial charge in [0.2, 0.25) is 15.9 Å². The molecule has 1 aliphatic rings. The number of hydrogen-bond acceptors (Lipinski definition) is 4. The zero-order chi connectivity index (χ0) is 14.8. The number of rotatable bonds is 7. The van der Waals surface area contributed by atoms with E-state index >= 15 is 0 Å². The van der Waals surface area contributed by atoms with Gasteiger partial charge in [-0.1, -0.05) is 12.8 Å². The average molecular weight is 297 g/mol. The summed E-state index contributed by atoms with van der Waals surface area (Å²) in [5.41, 5.74) is 11.0. The Morgan fingerprint density at radius 2 is 2.05 bits per heavy atom. The second kappa shape index (κ2) is 5.80. The Bertz CT molecular complexity index is 609. The molecule has 1 fully saturated rings. The van der Waals surface area contributed by atoms with Crippen molar-refractivity contribution in [1.82, 2.24) is 4.72 Å². The van der Waals surface area contributed by atoms with E-state index in [1.807, 2.05) is 0 Å². The summed E-state index contributed by atoms with van der Waals surface area (Å²) in [5, 5.41) is 0. The van der Waals surface area contributed by atoms with E-state index in [4.69, 9.17) is 11.5 Å². The van der Waals surface area contributed by atoms with Crippen LogP contribution in [0.4, 0.5) is 5.69 Å². The maximum atomic E-state index is 12.1. The first-order valence-electron chi connectivity index (χ1n) is 6.59. The van der Waals surface area contributed by atoms with E-state index in [0.717, 1.165) is 18.8 Å². The molecule has 1 aromatic carbocycles. The van der Waals surface area contributed by atoms with Gasteiger partial charge in [0.25, 0.3) is 0 Å². The first-order chi connectivity index (χ1) is 9.40. The lowest BCUT2D eigenvalue weighted by molar-refractivity contribution is 0.1000. The van der Waals surface area contributed by atoms with Gasteiger partial charge in [-0.2, -0.15) is 0 Å². The molecule has 7 heteroatoms. The first kappa shape index (κ1) is 14.8. The van der Waals surface area contributed by atoms with Gasteiger partial charge >= 0.3 is 0 Å². The molecule has 1 aromatic rings. The summed E-state index contributed by atoms with van der Waals surface area (Å²) in [4.78, 5) is 11.0. The van der Waals surface area contributed by atoms with Gasteiger partial charge in [-0.3, -0.25) is 4.79 Å². The number of sulfonamides is 1. The minimum Gasteiger partial charge on any atom is -0.398 e. The molecular weight excluding hydrogens is 278 g/mol. The molecule has 0 aromatic heterocycles. The summed E-state index contributed by atoms with van der Waals surface area (Å²) < 4.78 is 26.7. The zero-order valence-corrected chi connectivity index (χ0v) is 11.9. The number of carbonyl (C=O) groups excluding carboxylic acids is 1. The smallest absolute Gasteiger partial charge is 0.248 e.